The highest BCUT2D eigenvalue weighted by molar-refractivity contribution is 9.10. The smallest absolute Gasteiger partial charge is 0.266 e. The van der Waals surface area contributed by atoms with Crippen molar-refractivity contribution in [3.8, 4) is 5.75 Å². The number of ether oxygens (including phenoxy) is 1. The van der Waals surface area contributed by atoms with Gasteiger partial charge in [0.1, 0.15) is 5.75 Å². The predicted octanol–water partition coefficient (Wildman–Crippen LogP) is 1.06. The van der Waals surface area contributed by atoms with Gasteiger partial charge in [0.05, 0.1) is 17.1 Å². The molecule has 1 aromatic carbocycles. The Morgan fingerprint density at radius 3 is 2.85 bits per heavy atom. The van der Waals surface area contributed by atoms with Crippen molar-refractivity contribution in [3.63, 3.8) is 0 Å². The second-order valence-corrected chi connectivity index (χ2v) is 3.09. The van der Waals surface area contributed by atoms with Gasteiger partial charge < -0.3 is 4.74 Å². The molecule has 3 N–H and O–H groups in total. The standard InChI is InChI=1S/C8H9BrN2O2/c1-13-6-4-2-3-5(7(6)9)8(12)11-10/h2-4H,10H2,1H3,(H,11,12). The summed E-state index contributed by atoms with van der Waals surface area (Å²) >= 11 is 3.24. The highest BCUT2D eigenvalue weighted by atomic mass is 79.9. The first kappa shape index (κ1) is 10.0. The molecular weight excluding hydrogens is 236 g/mol. The summed E-state index contributed by atoms with van der Waals surface area (Å²) in [6.07, 6.45) is 0. The number of hydrogen-bond acceptors (Lipinski definition) is 3. The fourth-order valence-corrected chi connectivity index (χ4v) is 1.53. The third-order valence-electron chi connectivity index (χ3n) is 1.56. The lowest BCUT2D eigenvalue weighted by Gasteiger charge is -2.06. The van der Waals surface area contributed by atoms with Crippen LogP contribution in [0.5, 0.6) is 5.75 Å². The molecule has 1 amide bonds. The van der Waals surface area contributed by atoms with E-state index in [1.54, 1.807) is 18.2 Å². The molecule has 0 heterocycles. The topological polar surface area (TPSA) is 64.3 Å². The van der Waals surface area contributed by atoms with Gasteiger partial charge in [-0.15, -0.1) is 0 Å². The molecule has 0 spiro atoms. The Labute approximate surface area is 84.2 Å². The monoisotopic (exact) mass is 244 g/mol. The highest BCUT2D eigenvalue weighted by Crippen LogP contribution is 2.27. The molecule has 0 radical (unpaired) electrons. The molecule has 0 saturated heterocycles. The van der Waals surface area contributed by atoms with Crippen LogP contribution in [0, 0.1) is 0 Å². The zero-order valence-electron chi connectivity index (χ0n) is 7.00. The van der Waals surface area contributed by atoms with Gasteiger partial charge in [-0.25, -0.2) is 5.84 Å². The van der Waals surface area contributed by atoms with Crippen LogP contribution in [-0.4, -0.2) is 13.0 Å². The van der Waals surface area contributed by atoms with Crippen LogP contribution in [0.4, 0.5) is 0 Å². The van der Waals surface area contributed by atoms with Crippen molar-refractivity contribution in [3.05, 3.63) is 28.2 Å². The Morgan fingerprint density at radius 2 is 2.31 bits per heavy atom. The van der Waals surface area contributed by atoms with E-state index >= 15 is 0 Å². The molecule has 0 aliphatic rings. The molecule has 5 heteroatoms. The maximum Gasteiger partial charge on any atom is 0.266 e. The number of methoxy groups -OCH3 is 1. The summed E-state index contributed by atoms with van der Waals surface area (Å²) < 4.78 is 5.61. The zero-order valence-corrected chi connectivity index (χ0v) is 8.59. The normalized spacial score (nSPS) is 9.46. The van der Waals surface area contributed by atoms with Crippen molar-refractivity contribution < 1.29 is 9.53 Å². The van der Waals surface area contributed by atoms with Crippen molar-refractivity contribution in [2.24, 2.45) is 5.84 Å². The van der Waals surface area contributed by atoms with Gasteiger partial charge in [0.2, 0.25) is 0 Å². The first-order valence-electron chi connectivity index (χ1n) is 3.54. The van der Waals surface area contributed by atoms with E-state index in [2.05, 4.69) is 15.9 Å². The Kier molecular flexibility index (Phi) is 3.27. The molecule has 0 bridgehead atoms. The van der Waals surface area contributed by atoms with Crippen molar-refractivity contribution in [1.82, 2.24) is 5.43 Å². The summed E-state index contributed by atoms with van der Waals surface area (Å²) in [5.74, 6) is 5.25. The number of carbonyl (C=O) groups excluding carboxylic acids is 1. The summed E-state index contributed by atoms with van der Waals surface area (Å²) in [5.41, 5.74) is 2.50. The van der Waals surface area contributed by atoms with Gasteiger partial charge in [-0.3, -0.25) is 10.2 Å². The lowest BCUT2D eigenvalue weighted by Crippen LogP contribution is -2.30. The van der Waals surface area contributed by atoms with Crippen molar-refractivity contribution in [2.45, 2.75) is 0 Å². The zero-order chi connectivity index (χ0) is 9.84. The Morgan fingerprint density at radius 1 is 1.62 bits per heavy atom. The number of hydrogen-bond donors (Lipinski definition) is 2. The van der Waals surface area contributed by atoms with Crippen LogP contribution in [0.25, 0.3) is 0 Å². The van der Waals surface area contributed by atoms with E-state index in [9.17, 15) is 4.79 Å². The third-order valence-corrected chi connectivity index (χ3v) is 2.38. The Bertz CT molecular complexity index is 328. The van der Waals surface area contributed by atoms with Crippen molar-refractivity contribution in [1.29, 1.82) is 0 Å². The molecule has 0 aliphatic carbocycles. The van der Waals surface area contributed by atoms with Crippen molar-refractivity contribution in [2.75, 3.05) is 7.11 Å². The van der Waals surface area contributed by atoms with Gasteiger partial charge in [-0.2, -0.15) is 0 Å². The summed E-state index contributed by atoms with van der Waals surface area (Å²) in [4.78, 5) is 11.2. The van der Waals surface area contributed by atoms with E-state index in [4.69, 9.17) is 10.6 Å². The van der Waals surface area contributed by atoms with E-state index in [1.165, 1.54) is 7.11 Å². The molecule has 0 aromatic heterocycles. The highest BCUT2D eigenvalue weighted by Gasteiger charge is 2.11. The molecule has 13 heavy (non-hydrogen) atoms. The average Bonchev–Trinajstić information content (AvgIpc) is 2.17. The van der Waals surface area contributed by atoms with Crippen molar-refractivity contribution >= 4 is 21.8 Å². The van der Waals surface area contributed by atoms with Gasteiger partial charge >= 0.3 is 0 Å². The molecular formula is C8H9BrN2O2. The fourth-order valence-electron chi connectivity index (χ4n) is 0.922. The van der Waals surface area contributed by atoms with Crippen LogP contribution in [0.3, 0.4) is 0 Å². The number of amides is 1. The van der Waals surface area contributed by atoms with E-state index < -0.39 is 0 Å². The maximum atomic E-state index is 11.2. The Hall–Kier alpha value is -1.07. The van der Waals surface area contributed by atoms with E-state index in [0.717, 1.165) is 0 Å². The van der Waals surface area contributed by atoms with Gasteiger partial charge in [-0.1, -0.05) is 6.07 Å². The second kappa shape index (κ2) is 4.25. The molecule has 1 rings (SSSR count). The number of halogens is 1. The minimum Gasteiger partial charge on any atom is -0.496 e. The SMILES string of the molecule is COc1cccc(C(=O)NN)c1Br. The number of nitrogen functional groups attached to an aromatic ring is 1. The molecule has 0 unspecified atom stereocenters. The number of benzene rings is 1. The fraction of sp³-hybridized carbons (Fsp3) is 0.125. The number of nitrogens with one attached hydrogen (secondary N) is 1. The van der Waals surface area contributed by atoms with E-state index in [1.807, 2.05) is 5.43 Å². The summed E-state index contributed by atoms with van der Waals surface area (Å²) in [6.45, 7) is 0. The van der Waals surface area contributed by atoms with Gasteiger partial charge in [0.25, 0.3) is 5.91 Å². The quantitative estimate of drug-likeness (QED) is 0.465. The largest absolute Gasteiger partial charge is 0.496 e. The molecule has 0 saturated carbocycles. The van der Waals surface area contributed by atoms with Crippen LogP contribution in [0.1, 0.15) is 10.4 Å². The summed E-state index contributed by atoms with van der Waals surface area (Å²) in [7, 11) is 1.53. The first-order valence-corrected chi connectivity index (χ1v) is 4.33. The second-order valence-electron chi connectivity index (χ2n) is 2.30. The lowest BCUT2D eigenvalue weighted by molar-refractivity contribution is 0.0952. The number of hydrazine groups is 1. The predicted molar refractivity (Wildman–Crippen MR) is 52.3 cm³/mol. The molecule has 0 aliphatic heterocycles. The maximum absolute atomic E-state index is 11.2. The molecule has 4 nitrogen and oxygen atoms in total. The third kappa shape index (κ3) is 1.99. The van der Waals surface area contributed by atoms with Crippen LogP contribution in [0.2, 0.25) is 0 Å². The van der Waals surface area contributed by atoms with Crippen LogP contribution in [-0.2, 0) is 0 Å². The summed E-state index contributed by atoms with van der Waals surface area (Å²) in [5, 5.41) is 0. The van der Waals surface area contributed by atoms with Crippen LogP contribution in [0.15, 0.2) is 22.7 Å². The lowest BCUT2D eigenvalue weighted by atomic mass is 10.2. The number of nitrogens with two attached hydrogens (primary N) is 1. The van der Waals surface area contributed by atoms with Gasteiger partial charge in [-0.05, 0) is 28.1 Å². The Balaban J connectivity index is 3.15. The first-order chi connectivity index (χ1) is 6.20. The number of carbonyl (C=O) groups is 1. The molecule has 70 valence electrons. The molecule has 0 fully saturated rings. The molecule has 1 aromatic rings. The van der Waals surface area contributed by atoms with Gasteiger partial charge in [0.15, 0.2) is 0 Å². The van der Waals surface area contributed by atoms with Crippen LogP contribution >= 0.6 is 15.9 Å². The van der Waals surface area contributed by atoms with Crippen LogP contribution < -0.4 is 16.0 Å². The van der Waals surface area contributed by atoms with E-state index in [-0.39, 0.29) is 5.91 Å². The van der Waals surface area contributed by atoms with Gasteiger partial charge in [0, 0.05) is 0 Å². The average molecular weight is 245 g/mol. The molecule has 0 atom stereocenters. The minimum atomic E-state index is -0.356. The summed E-state index contributed by atoms with van der Waals surface area (Å²) in [6, 6.07) is 5.11. The minimum absolute atomic E-state index is 0.356. The van der Waals surface area contributed by atoms with E-state index in [0.29, 0.717) is 15.8 Å². The number of rotatable bonds is 2.